The van der Waals surface area contributed by atoms with Crippen LogP contribution in [-0.2, 0) is 0 Å². The monoisotopic (exact) mass is 361 g/mol. The van der Waals surface area contributed by atoms with Crippen molar-refractivity contribution in [1.29, 1.82) is 0 Å². The van der Waals surface area contributed by atoms with E-state index in [0.29, 0.717) is 17.0 Å². The van der Waals surface area contributed by atoms with E-state index < -0.39 is 5.82 Å². The van der Waals surface area contributed by atoms with Gasteiger partial charge in [0.2, 0.25) is 0 Å². The summed E-state index contributed by atoms with van der Waals surface area (Å²) < 4.78 is 18.3. The summed E-state index contributed by atoms with van der Waals surface area (Å²) in [4.78, 5) is 5.11. The molecule has 0 saturated heterocycles. The Bertz CT molecular complexity index is 944. The van der Waals surface area contributed by atoms with E-state index >= 15 is 0 Å². The van der Waals surface area contributed by atoms with Crippen molar-refractivity contribution < 1.29 is 14.7 Å². The molecular formula is C16H16FN5O2S. The highest BCUT2D eigenvalue weighted by molar-refractivity contribution is 7.06. The van der Waals surface area contributed by atoms with Crippen molar-refractivity contribution in [3.8, 4) is 17.0 Å². The number of phenolic OH excluding ortho intramolecular Hbond substituents is 1. The zero-order chi connectivity index (χ0) is 18.1. The zero-order valence-electron chi connectivity index (χ0n) is 13.8. The molecule has 0 fully saturated rings. The number of benzene rings is 1. The number of amidine groups is 1. The van der Waals surface area contributed by atoms with Gasteiger partial charge in [-0.05, 0) is 44.4 Å². The third-order valence-electron chi connectivity index (χ3n) is 3.72. The number of halogens is 1. The second kappa shape index (κ2) is 6.61. The van der Waals surface area contributed by atoms with Gasteiger partial charge in [-0.2, -0.15) is 9.47 Å². The maximum atomic E-state index is 14.0. The molecule has 3 aromatic rings. The topological polar surface area (TPSA) is 106 Å². The Morgan fingerprint density at radius 3 is 2.68 bits per heavy atom. The lowest BCUT2D eigenvalue weighted by atomic mass is 10.0. The van der Waals surface area contributed by atoms with E-state index in [1.807, 2.05) is 19.3 Å². The van der Waals surface area contributed by atoms with Crippen LogP contribution in [0.4, 0.5) is 10.1 Å². The molecule has 25 heavy (non-hydrogen) atoms. The second-order valence-corrected chi connectivity index (χ2v) is 6.46. The highest BCUT2D eigenvalue weighted by Crippen LogP contribution is 2.32. The minimum absolute atomic E-state index is 0.0298. The van der Waals surface area contributed by atoms with Crippen LogP contribution in [0, 0.1) is 26.6 Å². The highest BCUT2D eigenvalue weighted by Gasteiger charge is 2.22. The number of aliphatic imine (C=N–C) groups is 1. The van der Waals surface area contributed by atoms with Crippen LogP contribution in [0.3, 0.4) is 0 Å². The molecule has 3 rings (SSSR count). The minimum atomic E-state index is -0.708. The van der Waals surface area contributed by atoms with Crippen molar-refractivity contribution >= 4 is 23.1 Å². The first-order valence-corrected chi connectivity index (χ1v) is 8.15. The van der Waals surface area contributed by atoms with Gasteiger partial charge in [-0.15, -0.1) is 0 Å². The highest BCUT2D eigenvalue weighted by atomic mass is 32.1. The Morgan fingerprint density at radius 1 is 1.32 bits per heavy atom. The summed E-state index contributed by atoms with van der Waals surface area (Å²) in [5.74, 6) is -0.874. The molecule has 0 unspecified atom stereocenters. The van der Waals surface area contributed by atoms with Gasteiger partial charge >= 0.3 is 0 Å². The van der Waals surface area contributed by atoms with Crippen molar-refractivity contribution in [3.63, 3.8) is 0 Å². The molecule has 1 aromatic carbocycles. The van der Waals surface area contributed by atoms with E-state index in [-0.39, 0.29) is 17.3 Å². The second-order valence-electron chi connectivity index (χ2n) is 5.48. The number of nitrogens with zero attached hydrogens (tertiary/aromatic N) is 3. The third-order valence-corrected chi connectivity index (χ3v) is 4.57. The predicted octanol–water partition coefficient (Wildman–Crippen LogP) is 3.36. The molecule has 7 nitrogen and oxygen atoms in total. The van der Waals surface area contributed by atoms with Crippen LogP contribution >= 0.6 is 11.5 Å². The number of nitrogens with one attached hydrogen (secondary N) is 2. The number of H-pyrrole nitrogens is 1. The van der Waals surface area contributed by atoms with Gasteiger partial charge in [-0.1, -0.05) is 0 Å². The number of aryl methyl sites for hydroxylation is 3. The Labute approximate surface area is 147 Å². The van der Waals surface area contributed by atoms with Crippen LogP contribution in [-0.4, -0.2) is 30.7 Å². The molecule has 0 radical (unpaired) electrons. The molecule has 9 heteroatoms. The van der Waals surface area contributed by atoms with Crippen LogP contribution in [0.2, 0.25) is 0 Å². The zero-order valence-corrected chi connectivity index (χ0v) is 14.6. The number of rotatable bonds is 3. The molecule has 0 aliphatic heterocycles. The van der Waals surface area contributed by atoms with Crippen LogP contribution < -0.4 is 5.48 Å². The molecule has 0 amide bonds. The first-order chi connectivity index (χ1) is 11.9. The molecule has 130 valence electrons. The minimum Gasteiger partial charge on any atom is -0.508 e. The molecule has 2 aromatic heterocycles. The average Bonchev–Trinajstić information content (AvgIpc) is 3.09. The maximum Gasteiger partial charge on any atom is 0.161 e. The fourth-order valence-corrected chi connectivity index (χ4v) is 3.27. The number of hydroxylamine groups is 1. The smallest absolute Gasteiger partial charge is 0.161 e. The molecular weight excluding hydrogens is 345 g/mol. The SMILES string of the molecule is Cc1nsc(C)c1-c1n[nH]c(C)c1C(=Nc1ccc(O)cc1F)NO. The number of hydrogen-bond donors (Lipinski definition) is 4. The van der Waals surface area contributed by atoms with Gasteiger partial charge in [-0.3, -0.25) is 15.8 Å². The van der Waals surface area contributed by atoms with Gasteiger partial charge in [0.05, 0.1) is 11.3 Å². The van der Waals surface area contributed by atoms with E-state index in [2.05, 4.69) is 19.6 Å². The number of aromatic hydroxyl groups is 1. The molecule has 0 saturated carbocycles. The lowest BCUT2D eigenvalue weighted by Gasteiger charge is -2.08. The molecule has 0 atom stereocenters. The molecule has 0 aliphatic rings. The largest absolute Gasteiger partial charge is 0.508 e. The number of phenols is 1. The standard InChI is InChI=1S/C16H16FN5O2S/c1-7-14(15(20-19-7)13-8(2)22-25-9(13)3)16(21-24)18-12-5-4-10(23)6-11(12)17/h4-6,23-24H,1-3H3,(H,18,21)(H,19,20). The summed E-state index contributed by atoms with van der Waals surface area (Å²) in [5.41, 5.74) is 5.38. The first-order valence-electron chi connectivity index (χ1n) is 7.38. The summed E-state index contributed by atoms with van der Waals surface area (Å²) in [5, 5.41) is 26.1. The lowest BCUT2D eigenvalue weighted by molar-refractivity contribution is 0.235. The van der Waals surface area contributed by atoms with Crippen molar-refractivity contribution in [3.05, 3.63) is 45.8 Å². The van der Waals surface area contributed by atoms with E-state index in [1.54, 1.807) is 6.92 Å². The maximum absolute atomic E-state index is 14.0. The van der Waals surface area contributed by atoms with Crippen LogP contribution in [0.1, 0.15) is 21.8 Å². The fraction of sp³-hybridized carbons (Fsp3) is 0.188. The quantitative estimate of drug-likeness (QED) is 0.325. The van der Waals surface area contributed by atoms with Crippen molar-refractivity contribution in [2.75, 3.05) is 0 Å². The van der Waals surface area contributed by atoms with Gasteiger partial charge in [0, 0.05) is 22.2 Å². The Hall–Kier alpha value is -2.78. The van der Waals surface area contributed by atoms with Crippen LogP contribution in [0.25, 0.3) is 11.3 Å². The Balaban J connectivity index is 2.17. The summed E-state index contributed by atoms with van der Waals surface area (Å²) in [6.45, 7) is 5.57. The van der Waals surface area contributed by atoms with E-state index in [1.165, 1.54) is 23.7 Å². The van der Waals surface area contributed by atoms with E-state index in [9.17, 15) is 14.7 Å². The Kier molecular flexibility index (Phi) is 4.51. The van der Waals surface area contributed by atoms with Crippen LogP contribution in [0.5, 0.6) is 5.75 Å². The molecule has 0 spiro atoms. The van der Waals surface area contributed by atoms with Crippen molar-refractivity contribution in [2.24, 2.45) is 4.99 Å². The molecule has 2 heterocycles. The normalized spacial score (nSPS) is 11.8. The molecule has 4 N–H and O–H groups in total. The van der Waals surface area contributed by atoms with E-state index in [4.69, 9.17) is 0 Å². The summed E-state index contributed by atoms with van der Waals surface area (Å²) in [7, 11) is 0. The van der Waals surface area contributed by atoms with Gasteiger partial charge in [0.15, 0.2) is 11.7 Å². The summed E-state index contributed by atoms with van der Waals surface area (Å²) in [6.07, 6.45) is 0. The molecule has 0 aliphatic carbocycles. The first kappa shape index (κ1) is 17.1. The van der Waals surface area contributed by atoms with Crippen molar-refractivity contribution in [1.82, 2.24) is 20.1 Å². The Morgan fingerprint density at radius 2 is 2.08 bits per heavy atom. The van der Waals surface area contributed by atoms with Gasteiger partial charge in [-0.25, -0.2) is 9.38 Å². The fourth-order valence-electron chi connectivity index (χ4n) is 2.56. The number of aromatic amines is 1. The summed E-state index contributed by atoms with van der Waals surface area (Å²) >= 11 is 1.36. The lowest BCUT2D eigenvalue weighted by Crippen LogP contribution is -2.21. The third kappa shape index (κ3) is 3.11. The number of aromatic nitrogens is 3. The number of hydrogen-bond acceptors (Lipinski definition) is 6. The van der Waals surface area contributed by atoms with Gasteiger partial charge < -0.3 is 5.11 Å². The van der Waals surface area contributed by atoms with E-state index in [0.717, 1.165) is 22.2 Å². The average molecular weight is 361 g/mol. The summed E-state index contributed by atoms with van der Waals surface area (Å²) in [6, 6.07) is 3.59. The van der Waals surface area contributed by atoms with Gasteiger partial charge in [0.1, 0.15) is 17.1 Å². The predicted molar refractivity (Wildman–Crippen MR) is 93.1 cm³/mol. The molecule has 0 bridgehead atoms. The van der Waals surface area contributed by atoms with Crippen molar-refractivity contribution in [2.45, 2.75) is 20.8 Å². The van der Waals surface area contributed by atoms with Crippen LogP contribution in [0.15, 0.2) is 23.2 Å². The van der Waals surface area contributed by atoms with Gasteiger partial charge in [0.25, 0.3) is 0 Å².